The Kier molecular flexibility index (Phi) is 4.04. The molecule has 24 heavy (non-hydrogen) atoms. The van der Waals surface area contributed by atoms with Gasteiger partial charge in [0.15, 0.2) is 0 Å². The van der Waals surface area contributed by atoms with Gasteiger partial charge in [-0.05, 0) is 23.8 Å². The zero-order valence-corrected chi connectivity index (χ0v) is 13.6. The molecule has 0 spiro atoms. The topological polar surface area (TPSA) is 63.3 Å². The molecule has 6 heteroatoms. The number of aromatic nitrogens is 3. The maximum absolute atomic E-state index is 5.97. The van der Waals surface area contributed by atoms with E-state index in [2.05, 4.69) is 32.0 Å². The second-order valence-corrected chi connectivity index (χ2v) is 5.93. The van der Waals surface area contributed by atoms with Crippen LogP contribution < -0.4 is 9.64 Å². The first-order chi connectivity index (χ1) is 11.8. The Bertz CT molecular complexity index is 833. The lowest BCUT2D eigenvalue weighted by atomic mass is 10.1. The van der Waals surface area contributed by atoms with Crippen molar-refractivity contribution >= 4 is 16.9 Å². The number of hydrogen-bond donors (Lipinski definition) is 1. The number of hydrogen-bond acceptors (Lipinski definition) is 5. The first-order valence-electron chi connectivity index (χ1n) is 8.11. The van der Waals surface area contributed by atoms with Crippen molar-refractivity contribution in [2.45, 2.75) is 12.5 Å². The van der Waals surface area contributed by atoms with Crippen LogP contribution in [0.1, 0.15) is 5.56 Å². The Labute approximate surface area is 140 Å². The maximum atomic E-state index is 5.97. The van der Waals surface area contributed by atoms with Crippen LogP contribution in [-0.2, 0) is 11.2 Å². The average Bonchev–Trinajstić information content (AvgIpc) is 3.11. The average molecular weight is 324 g/mol. The van der Waals surface area contributed by atoms with Crippen LogP contribution in [0.25, 0.3) is 11.0 Å². The second-order valence-electron chi connectivity index (χ2n) is 5.93. The first-order valence-corrected chi connectivity index (χ1v) is 8.11. The number of ether oxygens (including phenoxy) is 2. The molecule has 0 saturated carbocycles. The number of morpholine rings is 1. The molecule has 1 fully saturated rings. The lowest BCUT2D eigenvalue weighted by Gasteiger charge is -2.34. The molecule has 3 aromatic rings. The molecule has 6 nitrogen and oxygen atoms in total. The fourth-order valence-electron chi connectivity index (χ4n) is 3.21. The number of H-pyrrole nitrogens is 1. The molecule has 2 aromatic heterocycles. The monoisotopic (exact) mass is 324 g/mol. The quantitative estimate of drug-likeness (QED) is 0.798. The smallest absolute Gasteiger partial charge is 0.142 e. The van der Waals surface area contributed by atoms with E-state index in [0.29, 0.717) is 6.61 Å². The van der Waals surface area contributed by atoms with Gasteiger partial charge in [0, 0.05) is 25.7 Å². The van der Waals surface area contributed by atoms with E-state index in [4.69, 9.17) is 9.47 Å². The Morgan fingerprint density at radius 3 is 3.21 bits per heavy atom. The van der Waals surface area contributed by atoms with Crippen molar-refractivity contribution in [3.05, 3.63) is 48.4 Å². The normalized spacial score (nSPS) is 18.0. The van der Waals surface area contributed by atoms with Crippen molar-refractivity contribution in [2.24, 2.45) is 0 Å². The molecule has 124 valence electrons. The van der Waals surface area contributed by atoms with Crippen molar-refractivity contribution < 1.29 is 9.47 Å². The highest BCUT2D eigenvalue weighted by atomic mass is 16.5. The van der Waals surface area contributed by atoms with E-state index in [1.807, 2.05) is 24.4 Å². The van der Waals surface area contributed by atoms with Crippen LogP contribution in [0.3, 0.4) is 0 Å². The van der Waals surface area contributed by atoms with Crippen LogP contribution in [0.4, 0.5) is 5.82 Å². The van der Waals surface area contributed by atoms with E-state index < -0.39 is 0 Å². The van der Waals surface area contributed by atoms with Gasteiger partial charge in [0.25, 0.3) is 0 Å². The highest BCUT2D eigenvalue weighted by Crippen LogP contribution is 2.25. The molecule has 3 heterocycles. The third kappa shape index (κ3) is 2.92. The molecular formula is C18H20N4O2. The fraction of sp³-hybridized carbons (Fsp3) is 0.333. The number of nitrogens with one attached hydrogen (secondary N) is 1. The van der Waals surface area contributed by atoms with Crippen molar-refractivity contribution in [2.75, 3.05) is 31.7 Å². The minimum absolute atomic E-state index is 0.134. The number of rotatable bonds is 4. The maximum Gasteiger partial charge on any atom is 0.142 e. The summed E-state index contributed by atoms with van der Waals surface area (Å²) in [6.07, 6.45) is 4.50. The predicted octanol–water partition coefficient (Wildman–Crippen LogP) is 2.41. The van der Waals surface area contributed by atoms with E-state index in [1.54, 1.807) is 13.4 Å². The Morgan fingerprint density at radius 2 is 2.29 bits per heavy atom. The SMILES string of the molecule is COc1cccc(C[C@@H]2CN(c3ncnc4[nH]ccc34)CCO2)c1. The molecule has 1 aliphatic heterocycles. The summed E-state index contributed by atoms with van der Waals surface area (Å²) in [4.78, 5) is 14.2. The van der Waals surface area contributed by atoms with Crippen LogP contribution in [0.2, 0.25) is 0 Å². The van der Waals surface area contributed by atoms with Crippen molar-refractivity contribution in [1.82, 2.24) is 15.0 Å². The number of methoxy groups -OCH3 is 1. The van der Waals surface area contributed by atoms with E-state index in [1.165, 1.54) is 5.56 Å². The van der Waals surface area contributed by atoms with Crippen LogP contribution in [-0.4, -0.2) is 47.9 Å². The molecule has 4 rings (SSSR count). The minimum Gasteiger partial charge on any atom is -0.497 e. The molecule has 1 saturated heterocycles. The zero-order chi connectivity index (χ0) is 16.4. The van der Waals surface area contributed by atoms with Crippen LogP contribution in [0, 0.1) is 0 Å². The third-order valence-corrected chi connectivity index (χ3v) is 4.37. The number of benzene rings is 1. The van der Waals surface area contributed by atoms with E-state index >= 15 is 0 Å². The summed E-state index contributed by atoms with van der Waals surface area (Å²) in [5, 5.41) is 1.06. The summed E-state index contributed by atoms with van der Waals surface area (Å²) in [5.74, 6) is 1.85. The van der Waals surface area contributed by atoms with Gasteiger partial charge in [0.2, 0.25) is 0 Å². The zero-order valence-electron chi connectivity index (χ0n) is 13.6. The summed E-state index contributed by atoms with van der Waals surface area (Å²) in [5.41, 5.74) is 2.09. The van der Waals surface area contributed by atoms with Gasteiger partial charge in [-0.3, -0.25) is 0 Å². The number of fused-ring (bicyclic) bond motifs is 1. The Morgan fingerprint density at radius 1 is 1.33 bits per heavy atom. The summed E-state index contributed by atoms with van der Waals surface area (Å²) in [7, 11) is 1.69. The summed E-state index contributed by atoms with van der Waals surface area (Å²) >= 11 is 0. The summed E-state index contributed by atoms with van der Waals surface area (Å²) in [6.45, 7) is 2.35. The number of aromatic amines is 1. The molecule has 1 aliphatic rings. The molecule has 1 atom stereocenters. The molecule has 0 unspecified atom stereocenters. The van der Waals surface area contributed by atoms with Gasteiger partial charge in [-0.25, -0.2) is 9.97 Å². The van der Waals surface area contributed by atoms with Crippen molar-refractivity contribution in [3.8, 4) is 5.75 Å². The van der Waals surface area contributed by atoms with Gasteiger partial charge in [-0.1, -0.05) is 12.1 Å². The van der Waals surface area contributed by atoms with Crippen molar-refractivity contribution in [1.29, 1.82) is 0 Å². The van der Waals surface area contributed by atoms with Gasteiger partial charge < -0.3 is 19.4 Å². The molecule has 0 amide bonds. The van der Waals surface area contributed by atoms with E-state index in [-0.39, 0.29) is 6.10 Å². The van der Waals surface area contributed by atoms with E-state index in [0.717, 1.165) is 42.1 Å². The molecular weight excluding hydrogens is 304 g/mol. The van der Waals surface area contributed by atoms with Gasteiger partial charge in [0.1, 0.15) is 23.5 Å². The summed E-state index contributed by atoms with van der Waals surface area (Å²) in [6, 6.07) is 10.2. The number of anilines is 1. The minimum atomic E-state index is 0.134. The molecule has 0 bridgehead atoms. The van der Waals surface area contributed by atoms with Crippen LogP contribution in [0.15, 0.2) is 42.9 Å². The van der Waals surface area contributed by atoms with Crippen LogP contribution in [0.5, 0.6) is 5.75 Å². The summed E-state index contributed by atoms with van der Waals surface area (Å²) < 4.78 is 11.3. The number of nitrogens with zero attached hydrogens (tertiary/aromatic N) is 3. The van der Waals surface area contributed by atoms with Crippen LogP contribution >= 0.6 is 0 Å². The van der Waals surface area contributed by atoms with Gasteiger partial charge >= 0.3 is 0 Å². The Balaban J connectivity index is 1.52. The lowest BCUT2D eigenvalue weighted by molar-refractivity contribution is 0.0409. The van der Waals surface area contributed by atoms with Gasteiger partial charge in [0.05, 0.1) is 25.2 Å². The molecule has 1 aromatic carbocycles. The largest absolute Gasteiger partial charge is 0.497 e. The molecule has 1 N–H and O–H groups in total. The van der Waals surface area contributed by atoms with Gasteiger partial charge in [-0.15, -0.1) is 0 Å². The third-order valence-electron chi connectivity index (χ3n) is 4.37. The lowest BCUT2D eigenvalue weighted by Crippen LogP contribution is -2.43. The van der Waals surface area contributed by atoms with E-state index in [9.17, 15) is 0 Å². The Hall–Kier alpha value is -2.60. The standard InChI is InChI=1S/C18H20N4O2/c1-23-14-4-2-3-13(9-14)10-15-11-22(7-8-24-15)18-16-5-6-19-17(16)20-12-21-18/h2-6,9,12,15H,7-8,10-11H2,1H3,(H,19,20,21)/t15-/m1/s1. The predicted molar refractivity (Wildman–Crippen MR) is 92.5 cm³/mol. The first kappa shape index (κ1) is 15.0. The second kappa shape index (κ2) is 6.49. The molecule has 0 aliphatic carbocycles. The highest BCUT2D eigenvalue weighted by molar-refractivity contribution is 5.87. The highest BCUT2D eigenvalue weighted by Gasteiger charge is 2.23. The molecule has 0 radical (unpaired) electrons. The fourth-order valence-corrected chi connectivity index (χ4v) is 3.21. The van der Waals surface area contributed by atoms with Gasteiger partial charge in [-0.2, -0.15) is 0 Å². The van der Waals surface area contributed by atoms with Crippen molar-refractivity contribution in [3.63, 3.8) is 0 Å².